The molecule has 0 unspecified atom stereocenters. The van der Waals surface area contributed by atoms with Gasteiger partial charge in [0.15, 0.2) is 5.96 Å². The summed E-state index contributed by atoms with van der Waals surface area (Å²) in [7, 11) is 0. The Bertz CT molecular complexity index is 3240. The number of nitrogens with zero attached hydrogens (tertiary/aromatic N) is 3. The van der Waals surface area contributed by atoms with E-state index in [0.29, 0.717) is 23.2 Å². The molecule has 35 nitrogen and oxygen atoms in total. The number of carboxylic acids is 1. The van der Waals surface area contributed by atoms with E-state index in [2.05, 4.69) is 62.8 Å². The molecule has 2 aromatic carbocycles. The van der Waals surface area contributed by atoms with E-state index in [1.54, 1.807) is 39.8 Å². The summed E-state index contributed by atoms with van der Waals surface area (Å²) in [6.07, 6.45) is 0.776. The predicted octanol–water partition coefficient (Wildman–Crippen LogP) is -5.22. The summed E-state index contributed by atoms with van der Waals surface area (Å²) < 4.78 is 0. The maximum Gasteiger partial charge on any atom is 0.326 e. The van der Waals surface area contributed by atoms with E-state index in [1.807, 2.05) is 5.32 Å². The molecule has 1 aliphatic heterocycles. The first kappa shape index (κ1) is 79.0. The smallest absolute Gasteiger partial charge is 0.326 e. The number of H-pyrrole nitrogens is 1. The number of likely N-dealkylation sites (tertiary alicyclic amines) is 1. The van der Waals surface area contributed by atoms with Crippen molar-refractivity contribution in [3.8, 4) is 11.5 Å². The molecule has 3 aromatic rings. The number of carbonyl (C=O) groups excluding carboxylic acids is 12. The van der Waals surface area contributed by atoms with Crippen LogP contribution in [-0.2, 0) is 81.6 Å². The minimum Gasteiger partial charge on any atom is -0.508 e. The van der Waals surface area contributed by atoms with Gasteiger partial charge in [0.1, 0.15) is 65.9 Å². The van der Waals surface area contributed by atoms with Crippen LogP contribution in [0.15, 0.2) is 66.0 Å². The summed E-state index contributed by atoms with van der Waals surface area (Å²) in [6, 6.07) is -2.33. The van der Waals surface area contributed by atoms with Gasteiger partial charge in [-0.25, -0.2) is 9.78 Å². The number of hydrogen-bond acceptors (Lipinski definition) is 19. The first-order valence-electron chi connectivity index (χ1n) is 31.6. The standard InChI is InChI=1S/C62H92N18O17/c1-7-32(4)50(78-53(88)40(63)23-35-12-16-38(82)17-13-35)59(94)79-51(34(6)81)60(95)80-21-9-11-46(80)58(93)77-43(24-36-14-18-39(83)19-15-36)55(90)72-33(5)52(87)75-44(25-37-27-67-30-71-37)57(92)76-42(22-31(2)3)56(91)74-41(10-8-20-68-62(65)66)54(89)70-28-48(85)69-29-49(86)73-45(61(96)97)26-47(64)84/h12-19,27,30-34,40-46,50-51,81-83H,7-11,20-26,28-29,63H2,1-6H3,(H2,64,84)(H,67,71)(H,69,85)(H,70,89)(H,72,90)(H,73,86)(H,74,91)(H,75,87)(H,76,92)(H,77,93)(H,78,88)(H,79,94)(H,96,97)(H4,65,66,68)/t32-,33-,34+,40-,41-,42-,43-,44-,45-,46-,50-,51-/m0/s1. The molecule has 12 amide bonds. The molecule has 0 spiro atoms. The van der Waals surface area contributed by atoms with Crippen LogP contribution in [0.3, 0.4) is 0 Å². The number of phenols is 2. The van der Waals surface area contributed by atoms with Crippen molar-refractivity contribution in [3.63, 3.8) is 0 Å². The van der Waals surface area contributed by atoms with Gasteiger partial charge in [0.2, 0.25) is 70.9 Å². The summed E-state index contributed by atoms with van der Waals surface area (Å²) >= 11 is 0. The fourth-order valence-corrected chi connectivity index (χ4v) is 10.1. The highest BCUT2D eigenvalue weighted by Gasteiger charge is 2.42. The second-order valence-corrected chi connectivity index (χ2v) is 24.1. The number of benzene rings is 2. The highest BCUT2D eigenvalue weighted by molar-refractivity contribution is 5.99. The molecule has 12 atom stereocenters. The molecule has 4 rings (SSSR count). The number of rotatable bonds is 39. The molecular formula is C62H92N18O17. The summed E-state index contributed by atoms with van der Waals surface area (Å²) in [5, 5.41) is 64.9. The van der Waals surface area contributed by atoms with E-state index in [9.17, 15) is 82.8 Å². The van der Waals surface area contributed by atoms with Crippen LogP contribution in [0.2, 0.25) is 0 Å². The molecule has 1 fully saturated rings. The third-order valence-corrected chi connectivity index (χ3v) is 15.6. The summed E-state index contributed by atoms with van der Waals surface area (Å²) in [5.74, 6) is -13.3. The summed E-state index contributed by atoms with van der Waals surface area (Å²) in [4.78, 5) is 187. The largest absolute Gasteiger partial charge is 0.508 e. The number of primary amides is 1. The van der Waals surface area contributed by atoms with E-state index in [1.165, 1.54) is 62.8 Å². The third-order valence-electron chi connectivity index (χ3n) is 15.6. The minimum atomic E-state index is -1.67. The number of aromatic amines is 1. The fraction of sp³-hybridized carbons (Fsp3) is 0.532. The van der Waals surface area contributed by atoms with Crippen molar-refractivity contribution in [1.82, 2.24) is 68.0 Å². The van der Waals surface area contributed by atoms with Crippen LogP contribution in [0.25, 0.3) is 0 Å². The Kier molecular flexibility index (Phi) is 31.6. The lowest BCUT2D eigenvalue weighted by molar-refractivity contribution is -0.145. The van der Waals surface area contributed by atoms with E-state index in [0.717, 1.165) is 4.90 Å². The van der Waals surface area contributed by atoms with E-state index >= 15 is 0 Å². The second-order valence-electron chi connectivity index (χ2n) is 24.1. The fourth-order valence-electron chi connectivity index (χ4n) is 10.1. The van der Waals surface area contributed by atoms with Gasteiger partial charge in [-0.15, -0.1) is 0 Å². The van der Waals surface area contributed by atoms with Crippen molar-refractivity contribution >= 4 is 82.8 Å². The van der Waals surface area contributed by atoms with Crippen LogP contribution in [0.1, 0.15) is 103 Å². The molecule has 35 heteroatoms. The zero-order chi connectivity index (χ0) is 72.2. The Morgan fingerprint density at radius 1 is 0.639 bits per heavy atom. The number of amides is 12. The first-order chi connectivity index (χ1) is 45.8. The summed E-state index contributed by atoms with van der Waals surface area (Å²) in [6.45, 7) is 8.02. The van der Waals surface area contributed by atoms with Gasteiger partial charge < -0.3 is 106 Å². The van der Waals surface area contributed by atoms with Crippen LogP contribution < -0.4 is 76.1 Å². The van der Waals surface area contributed by atoms with Gasteiger partial charge in [0, 0.05) is 37.8 Å². The molecular weight excluding hydrogens is 1270 g/mol. The highest BCUT2D eigenvalue weighted by atomic mass is 16.4. The van der Waals surface area contributed by atoms with Crippen LogP contribution in [0.5, 0.6) is 11.5 Å². The van der Waals surface area contributed by atoms with Crippen molar-refractivity contribution in [2.75, 3.05) is 26.2 Å². The molecule has 97 heavy (non-hydrogen) atoms. The van der Waals surface area contributed by atoms with Crippen LogP contribution in [0, 0.1) is 11.8 Å². The van der Waals surface area contributed by atoms with E-state index < -0.39 is 169 Å². The average Bonchev–Trinajstić information content (AvgIpc) is 1.76. The zero-order valence-corrected chi connectivity index (χ0v) is 54.9. The number of hydrogen-bond donors (Lipinski definition) is 19. The molecule has 0 aliphatic carbocycles. The monoisotopic (exact) mass is 1360 g/mol. The quantitative estimate of drug-likeness (QED) is 0.0144. The molecule has 1 aliphatic rings. The molecule has 2 heterocycles. The molecule has 0 saturated carbocycles. The number of phenolic OH excluding ortho intramolecular Hbond substituents is 2. The van der Waals surface area contributed by atoms with Gasteiger partial charge in [0.25, 0.3) is 0 Å². The van der Waals surface area contributed by atoms with Crippen molar-refractivity contribution < 1.29 is 82.8 Å². The SMILES string of the molecule is CC[C@H](C)[C@H](NC(=O)[C@@H](N)Cc1ccc(O)cc1)C(=O)N[C@H](C(=O)N1CCC[C@H]1C(=O)N[C@@H](Cc1ccc(O)cc1)C(=O)N[C@@H](C)C(=O)N[C@@H](Cc1cnc[nH]1)C(=O)N[C@@H](CC(C)C)C(=O)N[C@@H](CCCN=C(N)N)C(=O)NCC(=O)NCC(=O)N[C@@H](CC(N)=O)C(=O)O)[C@@H](C)O. The van der Waals surface area contributed by atoms with Crippen LogP contribution >= 0.6 is 0 Å². The van der Waals surface area contributed by atoms with Crippen molar-refractivity contribution in [1.29, 1.82) is 0 Å². The molecule has 532 valence electrons. The number of aliphatic hydroxyl groups is 1. The number of imidazole rings is 1. The molecule has 0 radical (unpaired) electrons. The number of aromatic nitrogens is 2. The Labute approximate surface area is 559 Å². The Balaban J connectivity index is 1.50. The van der Waals surface area contributed by atoms with Gasteiger partial charge in [0.05, 0.1) is 38.0 Å². The Morgan fingerprint density at radius 2 is 1.21 bits per heavy atom. The Hall–Kier alpha value is -10.4. The number of nitrogens with two attached hydrogens (primary N) is 4. The lowest BCUT2D eigenvalue weighted by atomic mass is 9.96. The number of carboxylic acid groups (broad SMARTS) is 1. The Morgan fingerprint density at radius 3 is 1.77 bits per heavy atom. The number of carbonyl (C=O) groups is 13. The number of aliphatic hydroxyl groups excluding tert-OH is 1. The summed E-state index contributed by atoms with van der Waals surface area (Å²) in [5.41, 5.74) is 23.6. The maximum atomic E-state index is 14.4. The number of aromatic hydroxyl groups is 2. The minimum absolute atomic E-state index is 0.00389. The van der Waals surface area contributed by atoms with Gasteiger partial charge >= 0.3 is 5.97 Å². The van der Waals surface area contributed by atoms with E-state index in [4.69, 9.17) is 22.9 Å². The normalized spacial score (nSPS) is 16.1. The lowest BCUT2D eigenvalue weighted by Crippen LogP contribution is -2.62. The van der Waals surface area contributed by atoms with Crippen molar-refractivity contribution in [3.05, 3.63) is 77.9 Å². The maximum absolute atomic E-state index is 14.4. The second kappa shape index (κ2) is 38.8. The van der Waals surface area contributed by atoms with Gasteiger partial charge in [-0.3, -0.25) is 62.5 Å². The lowest BCUT2D eigenvalue weighted by Gasteiger charge is -2.32. The van der Waals surface area contributed by atoms with Crippen molar-refractivity contribution in [2.45, 2.75) is 172 Å². The topological polar surface area (TPSA) is 571 Å². The third kappa shape index (κ3) is 26.7. The van der Waals surface area contributed by atoms with Gasteiger partial charge in [-0.2, -0.15) is 0 Å². The van der Waals surface area contributed by atoms with Crippen LogP contribution in [0.4, 0.5) is 0 Å². The van der Waals surface area contributed by atoms with Gasteiger partial charge in [-0.1, -0.05) is 58.4 Å². The van der Waals surface area contributed by atoms with E-state index in [-0.39, 0.29) is 87.8 Å². The number of guanidine groups is 1. The van der Waals surface area contributed by atoms with Gasteiger partial charge in [-0.05, 0) is 99.6 Å². The van der Waals surface area contributed by atoms with Crippen molar-refractivity contribution in [2.24, 2.45) is 39.8 Å². The number of aliphatic carboxylic acids is 1. The molecule has 0 bridgehead atoms. The number of aliphatic imine (C=N–C) groups is 1. The molecule has 1 aromatic heterocycles. The van der Waals surface area contributed by atoms with Crippen LogP contribution in [-0.4, -0.2) is 211 Å². The average molecular weight is 1360 g/mol. The zero-order valence-electron chi connectivity index (χ0n) is 54.9. The molecule has 23 N–H and O–H groups in total. The number of nitrogens with one attached hydrogen (secondary N) is 11. The highest BCUT2D eigenvalue weighted by Crippen LogP contribution is 2.22. The molecule has 1 saturated heterocycles. The predicted molar refractivity (Wildman–Crippen MR) is 348 cm³/mol. The first-order valence-corrected chi connectivity index (χ1v) is 31.6.